The second kappa shape index (κ2) is 14.9. The van der Waals surface area contributed by atoms with Crippen molar-refractivity contribution in [3.05, 3.63) is 30.1 Å². The number of nitrogens with one attached hydrogen (secondary N) is 2. The molecule has 0 aliphatic carbocycles. The third-order valence-corrected chi connectivity index (χ3v) is 3.26. The molecule has 6 heteroatoms. The van der Waals surface area contributed by atoms with E-state index in [0.29, 0.717) is 26.4 Å². The van der Waals surface area contributed by atoms with Gasteiger partial charge in [0.15, 0.2) is 5.96 Å². The molecule has 0 amide bonds. The van der Waals surface area contributed by atoms with Crippen LogP contribution in [0.2, 0.25) is 0 Å². The molecule has 0 atom stereocenters. The molecule has 2 N–H and O–H groups in total. The average molecular weight is 336 g/mol. The molecule has 0 radical (unpaired) electrons. The zero-order chi connectivity index (χ0) is 17.3. The molecule has 0 fully saturated rings. The minimum atomic E-state index is 0.605. The van der Waals surface area contributed by atoms with Crippen LogP contribution >= 0.6 is 0 Å². The van der Waals surface area contributed by atoms with E-state index >= 15 is 0 Å². The summed E-state index contributed by atoms with van der Waals surface area (Å²) in [5.74, 6) is 0.816. The van der Waals surface area contributed by atoms with Gasteiger partial charge in [0.1, 0.15) is 0 Å². The van der Waals surface area contributed by atoms with E-state index in [4.69, 9.17) is 9.47 Å². The zero-order valence-corrected chi connectivity index (χ0v) is 15.1. The lowest BCUT2D eigenvalue weighted by Crippen LogP contribution is -2.38. The number of aromatic nitrogens is 1. The van der Waals surface area contributed by atoms with Crippen LogP contribution in [0.15, 0.2) is 29.4 Å². The molecular weight excluding hydrogens is 304 g/mol. The standard InChI is InChI=1S/C18H32N4O2/c1-3-5-13-23-15-16-24-14-12-22-18(19-4-2)21-11-9-17-8-6-7-10-20-17/h6-8,10H,3-5,9,11-16H2,1-2H3,(H2,19,21,22). The van der Waals surface area contributed by atoms with Gasteiger partial charge in [-0.05, 0) is 25.5 Å². The van der Waals surface area contributed by atoms with E-state index in [0.717, 1.165) is 50.6 Å². The molecule has 0 spiro atoms. The largest absolute Gasteiger partial charge is 0.379 e. The van der Waals surface area contributed by atoms with Crippen LogP contribution in [-0.4, -0.2) is 57.0 Å². The first-order chi connectivity index (χ1) is 11.9. The summed E-state index contributed by atoms with van der Waals surface area (Å²) in [5.41, 5.74) is 1.08. The van der Waals surface area contributed by atoms with Crippen LogP contribution in [0.1, 0.15) is 32.4 Å². The molecule has 24 heavy (non-hydrogen) atoms. The average Bonchev–Trinajstić information content (AvgIpc) is 2.61. The Morgan fingerprint density at radius 3 is 2.62 bits per heavy atom. The molecule has 1 aromatic rings. The molecule has 0 aliphatic rings. The summed E-state index contributed by atoms with van der Waals surface area (Å²) in [6, 6.07) is 5.96. The van der Waals surface area contributed by atoms with Crippen molar-refractivity contribution in [1.29, 1.82) is 0 Å². The number of nitrogens with zero attached hydrogens (tertiary/aromatic N) is 2. The summed E-state index contributed by atoms with van der Waals surface area (Å²) in [6.45, 7) is 9.19. The van der Waals surface area contributed by atoms with Gasteiger partial charge in [0.25, 0.3) is 0 Å². The highest BCUT2D eigenvalue weighted by molar-refractivity contribution is 5.79. The Bertz CT molecular complexity index is 426. The van der Waals surface area contributed by atoms with Crippen molar-refractivity contribution in [2.24, 2.45) is 4.99 Å². The monoisotopic (exact) mass is 336 g/mol. The maximum absolute atomic E-state index is 5.52. The Morgan fingerprint density at radius 2 is 1.92 bits per heavy atom. The number of unbranched alkanes of at least 4 members (excludes halogenated alkanes) is 1. The maximum Gasteiger partial charge on any atom is 0.191 e. The van der Waals surface area contributed by atoms with Crippen LogP contribution in [-0.2, 0) is 15.9 Å². The molecular formula is C18H32N4O2. The summed E-state index contributed by atoms with van der Waals surface area (Å²) >= 11 is 0. The molecule has 0 aliphatic heterocycles. The van der Waals surface area contributed by atoms with Gasteiger partial charge in [0.2, 0.25) is 0 Å². The first-order valence-electron chi connectivity index (χ1n) is 8.94. The van der Waals surface area contributed by atoms with Crippen LogP contribution in [0.4, 0.5) is 0 Å². The predicted octanol–water partition coefficient (Wildman–Crippen LogP) is 2.01. The summed E-state index contributed by atoms with van der Waals surface area (Å²) in [5, 5.41) is 6.55. The van der Waals surface area contributed by atoms with E-state index in [1.54, 1.807) is 0 Å². The molecule has 0 aromatic carbocycles. The van der Waals surface area contributed by atoms with Gasteiger partial charge in [-0.25, -0.2) is 0 Å². The van der Waals surface area contributed by atoms with Crippen molar-refractivity contribution < 1.29 is 9.47 Å². The second-order valence-electron chi connectivity index (χ2n) is 5.34. The minimum Gasteiger partial charge on any atom is -0.379 e. The zero-order valence-electron chi connectivity index (χ0n) is 15.1. The van der Waals surface area contributed by atoms with Gasteiger partial charge in [0.05, 0.1) is 26.4 Å². The minimum absolute atomic E-state index is 0.605. The normalized spacial score (nSPS) is 11.5. The van der Waals surface area contributed by atoms with Gasteiger partial charge in [0, 0.05) is 38.0 Å². The quantitative estimate of drug-likeness (QED) is 0.328. The highest BCUT2D eigenvalue weighted by Crippen LogP contribution is 1.93. The van der Waals surface area contributed by atoms with Gasteiger partial charge in [-0.15, -0.1) is 0 Å². The van der Waals surface area contributed by atoms with Gasteiger partial charge in [-0.2, -0.15) is 0 Å². The lowest BCUT2D eigenvalue weighted by molar-refractivity contribution is 0.0497. The SMILES string of the molecule is CCCCOCCOCCN=C(NCC)NCCc1ccccn1. The molecule has 0 unspecified atom stereocenters. The van der Waals surface area contributed by atoms with Gasteiger partial charge >= 0.3 is 0 Å². The topological polar surface area (TPSA) is 67.8 Å². The Kier molecular flexibility index (Phi) is 12.7. The Morgan fingerprint density at radius 1 is 1.08 bits per heavy atom. The summed E-state index contributed by atoms with van der Waals surface area (Å²) in [4.78, 5) is 8.81. The van der Waals surface area contributed by atoms with Crippen LogP contribution in [0.3, 0.4) is 0 Å². The first kappa shape index (κ1) is 20.4. The van der Waals surface area contributed by atoms with E-state index in [-0.39, 0.29) is 0 Å². The summed E-state index contributed by atoms with van der Waals surface area (Å²) in [7, 11) is 0. The Hall–Kier alpha value is -1.66. The molecule has 6 nitrogen and oxygen atoms in total. The highest BCUT2D eigenvalue weighted by atomic mass is 16.5. The third kappa shape index (κ3) is 11.0. The fourth-order valence-electron chi connectivity index (χ4n) is 1.99. The first-order valence-corrected chi connectivity index (χ1v) is 8.94. The van der Waals surface area contributed by atoms with Crippen molar-refractivity contribution in [1.82, 2.24) is 15.6 Å². The van der Waals surface area contributed by atoms with Crippen molar-refractivity contribution >= 4 is 5.96 Å². The number of guanidine groups is 1. The molecule has 1 aromatic heterocycles. The van der Waals surface area contributed by atoms with Crippen molar-refractivity contribution in [3.8, 4) is 0 Å². The molecule has 0 saturated heterocycles. The molecule has 0 saturated carbocycles. The van der Waals surface area contributed by atoms with Gasteiger partial charge in [-0.1, -0.05) is 19.4 Å². The van der Waals surface area contributed by atoms with Crippen LogP contribution in [0.5, 0.6) is 0 Å². The van der Waals surface area contributed by atoms with Crippen LogP contribution in [0.25, 0.3) is 0 Å². The number of aliphatic imine (C=N–C) groups is 1. The predicted molar refractivity (Wildman–Crippen MR) is 98.5 cm³/mol. The van der Waals surface area contributed by atoms with E-state index in [1.165, 1.54) is 0 Å². The lowest BCUT2D eigenvalue weighted by atomic mass is 10.3. The fourth-order valence-corrected chi connectivity index (χ4v) is 1.99. The molecule has 136 valence electrons. The van der Waals surface area contributed by atoms with Crippen LogP contribution < -0.4 is 10.6 Å². The smallest absolute Gasteiger partial charge is 0.191 e. The van der Waals surface area contributed by atoms with Crippen molar-refractivity contribution in [3.63, 3.8) is 0 Å². The van der Waals surface area contributed by atoms with Gasteiger partial charge < -0.3 is 20.1 Å². The fraction of sp³-hybridized carbons (Fsp3) is 0.667. The van der Waals surface area contributed by atoms with Crippen LogP contribution in [0, 0.1) is 0 Å². The van der Waals surface area contributed by atoms with E-state index in [2.05, 4.69) is 34.5 Å². The second-order valence-corrected chi connectivity index (χ2v) is 5.34. The number of ether oxygens (including phenoxy) is 2. The number of rotatable bonds is 13. The van der Waals surface area contributed by atoms with E-state index in [1.807, 2.05) is 24.4 Å². The van der Waals surface area contributed by atoms with E-state index < -0.39 is 0 Å². The van der Waals surface area contributed by atoms with Gasteiger partial charge in [-0.3, -0.25) is 9.98 Å². The Balaban J connectivity index is 2.11. The number of hydrogen-bond acceptors (Lipinski definition) is 4. The van der Waals surface area contributed by atoms with Crippen molar-refractivity contribution in [2.75, 3.05) is 46.1 Å². The summed E-state index contributed by atoms with van der Waals surface area (Å²) < 4.78 is 11.0. The third-order valence-electron chi connectivity index (χ3n) is 3.26. The number of hydrogen-bond donors (Lipinski definition) is 2. The molecule has 1 heterocycles. The summed E-state index contributed by atoms with van der Waals surface area (Å²) in [6.07, 6.45) is 4.96. The number of pyridine rings is 1. The van der Waals surface area contributed by atoms with E-state index in [9.17, 15) is 0 Å². The highest BCUT2D eigenvalue weighted by Gasteiger charge is 1.98. The molecule has 0 bridgehead atoms. The lowest BCUT2D eigenvalue weighted by Gasteiger charge is -2.11. The maximum atomic E-state index is 5.52. The molecule has 1 rings (SSSR count). The van der Waals surface area contributed by atoms with Crippen molar-refractivity contribution in [2.45, 2.75) is 33.1 Å². The Labute approximate surface area is 146 Å².